The number of aromatic nitrogens is 2. The zero-order valence-electron chi connectivity index (χ0n) is 20.5. The van der Waals surface area contributed by atoms with Gasteiger partial charge in [0.25, 0.3) is 0 Å². The number of carbonyl (C=O) groups is 1. The van der Waals surface area contributed by atoms with Gasteiger partial charge in [0.1, 0.15) is 17.9 Å². The lowest BCUT2D eigenvalue weighted by molar-refractivity contribution is -0.725. The van der Waals surface area contributed by atoms with Crippen molar-refractivity contribution >= 4 is 11.8 Å². The van der Waals surface area contributed by atoms with Gasteiger partial charge in [0.15, 0.2) is 0 Å². The van der Waals surface area contributed by atoms with Crippen LogP contribution in [0.25, 0.3) is 22.4 Å². The van der Waals surface area contributed by atoms with Crippen molar-refractivity contribution in [1.82, 2.24) is 5.10 Å². The highest BCUT2D eigenvalue weighted by Gasteiger charge is 2.25. The zero-order chi connectivity index (χ0) is 24.8. The van der Waals surface area contributed by atoms with Crippen LogP contribution in [0.5, 0.6) is 5.75 Å². The Morgan fingerprint density at radius 1 is 0.943 bits per heavy atom. The number of nitrogens with zero attached hydrogens (tertiary/aromatic N) is 1. The molecule has 1 heterocycles. The molecule has 0 fully saturated rings. The number of nitrogen functional groups attached to an aromatic ring is 1. The number of ether oxygens (including phenoxy) is 2. The van der Waals surface area contributed by atoms with Gasteiger partial charge in [-0.25, -0.2) is 9.89 Å². The standard InChI is InChI=1S/C29H31N3O3/c1-4-34-26(33)18-32-29(30)27(28(31-32)24-8-6-5-7-9-24)23-14-16-25(17-15-23)35-19-21-10-12-22(13-11-21)20(2)3/h5-17,20H,4,18-19H2,1-3H3,(H2,30,31)/p+1. The van der Waals surface area contributed by atoms with Gasteiger partial charge in [0.2, 0.25) is 6.54 Å². The Hall–Kier alpha value is -4.06. The highest BCUT2D eigenvalue weighted by Crippen LogP contribution is 2.34. The van der Waals surface area contributed by atoms with Gasteiger partial charge < -0.3 is 9.47 Å². The molecule has 3 N–H and O–H groups in total. The van der Waals surface area contributed by atoms with E-state index in [9.17, 15) is 4.79 Å². The summed E-state index contributed by atoms with van der Waals surface area (Å²) in [5, 5.41) is 3.29. The van der Waals surface area contributed by atoms with Crippen LogP contribution in [0.4, 0.5) is 5.82 Å². The van der Waals surface area contributed by atoms with Gasteiger partial charge >= 0.3 is 11.8 Å². The smallest absolute Gasteiger partial charge is 0.350 e. The number of aromatic amines is 1. The van der Waals surface area contributed by atoms with Crippen LogP contribution >= 0.6 is 0 Å². The van der Waals surface area contributed by atoms with Crippen LogP contribution < -0.4 is 15.2 Å². The third kappa shape index (κ3) is 5.72. The quantitative estimate of drug-likeness (QED) is 0.251. The lowest BCUT2D eigenvalue weighted by Gasteiger charge is -2.09. The first-order chi connectivity index (χ1) is 17.0. The summed E-state index contributed by atoms with van der Waals surface area (Å²) in [4.78, 5) is 12.1. The van der Waals surface area contributed by atoms with Crippen molar-refractivity contribution < 1.29 is 19.0 Å². The molecule has 0 atom stereocenters. The molecule has 4 aromatic rings. The summed E-state index contributed by atoms with van der Waals surface area (Å²) in [5.41, 5.74) is 12.5. The highest BCUT2D eigenvalue weighted by atomic mass is 16.5. The van der Waals surface area contributed by atoms with E-state index in [0.29, 0.717) is 24.9 Å². The molecule has 0 bridgehead atoms. The van der Waals surface area contributed by atoms with E-state index in [2.05, 4.69) is 43.2 Å². The number of esters is 1. The van der Waals surface area contributed by atoms with E-state index in [0.717, 1.165) is 33.7 Å². The number of benzene rings is 3. The molecule has 35 heavy (non-hydrogen) atoms. The van der Waals surface area contributed by atoms with Crippen LogP contribution in [0.3, 0.4) is 0 Å². The summed E-state index contributed by atoms with van der Waals surface area (Å²) < 4.78 is 12.7. The summed E-state index contributed by atoms with van der Waals surface area (Å²) in [6.07, 6.45) is 0. The van der Waals surface area contributed by atoms with Crippen molar-refractivity contribution in [2.75, 3.05) is 12.3 Å². The topological polar surface area (TPSA) is 81.2 Å². The number of hydrogen-bond acceptors (Lipinski definition) is 4. The second-order valence-corrected chi connectivity index (χ2v) is 8.71. The van der Waals surface area contributed by atoms with E-state index in [1.807, 2.05) is 54.6 Å². The zero-order valence-corrected chi connectivity index (χ0v) is 20.5. The first-order valence-corrected chi connectivity index (χ1v) is 11.9. The van der Waals surface area contributed by atoms with Gasteiger partial charge in [-0.3, -0.25) is 5.73 Å². The van der Waals surface area contributed by atoms with Gasteiger partial charge in [-0.1, -0.05) is 80.6 Å². The molecule has 4 rings (SSSR count). The molecule has 0 aliphatic rings. The van der Waals surface area contributed by atoms with Crippen LogP contribution in [-0.4, -0.2) is 17.7 Å². The number of H-pyrrole nitrogens is 1. The summed E-state index contributed by atoms with van der Waals surface area (Å²) in [6, 6.07) is 26.3. The third-order valence-electron chi connectivity index (χ3n) is 5.89. The SMILES string of the molecule is CCOC(=O)C[n+]1[nH]c(-c2ccccc2)c(-c2ccc(OCc3ccc(C(C)C)cc3)cc2)c1N. The van der Waals surface area contributed by atoms with E-state index < -0.39 is 0 Å². The van der Waals surface area contributed by atoms with E-state index in [-0.39, 0.29) is 12.5 Å². The van der Waals surface area contributed by atoms with E-state index >= 15 is 0 Å². The number of nitrogens with two attached hydrogens (primary N) is 1. The molecule has 6 nitrogen and oxygen atoms in total. The number of rotatable bonds is 9. The molecule has 6 heteroatoms. The van der Waals surface area contributed by atoms with Gasteiger partial charge in [-0.05, 0) is 41.7 Å². The van der Waals surface area contributed by atoms with Crippen molar-refractivity contribution in [2.24, 2.45) is 0 Å². The molecule has 0 spiro atoms. The third-order valence-corrected chi connectivity index (χ3v) is 5.89. The Labute approximate surface area is 206 Å². The van der Waals surface area contributed by atoms with Gasteiger partial charge in [-0.15, -0.1) is 4.68 Å². The minimum absolute atomic E-state index is 0.0102. The Balaban J connectivity index is 1.57. The first kappa shape index (κ1) is 24.1. The van der Waals surface area contributed by atoms with Crippen LogP contribution in [0.1, 0.15) is 37.8 Å². The molecular weight excluding hydrogens is 438 g/mol. The van der Waals surface area contributed by atoms with Crippen molar-refractivity contribution in [2.45, 2.75) is 39.8 Å². The fourth-order valence-corrected chi connectivity index (χ4v) is 3.96. The summed E-state index contributed by atoms with van der Waals surface area (Å²) >= 11 is 0. The van der Waals surface area contributed by atoms with Gasteiger partial charge in [0, 0.05) is 5.56 Å². The average molecular weight is 471 g/mol. The van der Waals surface area contributed by atoms with E-state index in [1.54, 1.807) is 11.6 Å². The largest absolute Gasteiger partial charge is 0.489 e. The molecule has 0 amide bonds. The number of hydrogen-bond donors (Lipinski definition) is 2. The molecule has 0 aliphatic carbocycles. The molecular formula is C29H32N3O3+. The van der Waals surface area contributed by atoms with Crippen LogP contribution in [0.2, 0.25) is 0 Å². The Morgan fingerprint density at radius 2 is 1.63 bits per heavy atom. The molecule has 1 aromatic heterocycles. The van der Waals surface area contributed by atoms with Gasteiger partial charge in [-0.2, -0.15) is 0 Å². The molecule has 180 valence electrons. The molecule has 3 aromatic carbocycles. The van der Waals surface area contributed by atoms with Gasteiger partial charge in [0.05, 0.1) is 12.3 Å². The first-order valence-electron chi connectivity index (χ1n) is 11.9. The minimum Gasteiger partial charge on any atom is -0.489 e. The Bertz CT molecular complexity index is 1260. The van der Waals surface area contributed by atoms with E-state index in [1.165, 1.54) is 5.56 Å². The molecule has 0 saturated carbocycles. The van der Waals surface area contributed by atoms with Crippen molar-refractivity contribution in [3.8, 4) is 28.1 Å². The molecule has 0 radical (unpaired) electrons. The fourth-order valence-electron chi connectivity index (χ4n) is 3.96. The lowest BCUT2D eigenvalue weighted by Crippen LogP contribution is -2.42. The number of nitrogens with one attached hydrogen (secondary N) is 1. The predicted molar refractivity (Wildman–Crippen MR) is 138 cm³/mol. The second-order valence-electron chi connectivity index (χ2n) is 8.71. The van der Waals surface area contributed by atoms with Crippen LogP contribution in [0, 0.1) is 0 Å². The Morgan fingerprint density at radius 3 is 2.26 bits per heavy atom. The minimum atomic E-state index is -0.346. The second kappa shape index (κ2) is 10.9. The average Bonchev–Trinajstić information content (AvgIpc) is 3.19. The maximum Gasteiger partial charge on any atom is 0.350 e. The molecule has 0 unspecified atom stereocenters. The summed E-state index contributed by atoms with van der Waals surface area (Å²) in [7, 11) is 0. The number of anilines is 1. The highest BCUT2D eigenvalue weighted by molar-refractivity contribution is 5.86. The van der Waals surface area contributed by atoms with Crippen LogP contribution in [-0.2, 0) is 22.7 Å². The fraction of sp³-hybridized carbons (Fsp3) is 0.241. The maximum atomic E-state index is 12.1. The monoisotopic (exact) mass is 470 g/mol. The summed E-state index contributed by atoms with van der Waals surface area (Å²) in [5.74, 6) is 1.41. The van der Waals surface area contributed by atoms with Crippen molar-refractivity contribution in [1.29, 1.82) is 0 Å². The van der Waals surface area contributed by atoms with E-state index in [4.69, 9.17) is 15.2 Å². The van der Waals surface area contributed by atoms with Crippen LogP contribution in [0.15, 0.2) is 78.9 Å². The molecule has 0 aliphatic heterocycles. The van der Waals surface area contributed by atoms with Crippen molar-refractivity contribution in [3.05, 3.63) is 90.0 Å². The predicted octanol–water partition coefficient (Wildman–Crippen LogP) is 5.48. The molecule has 0 saturated heterocycles. The lowest BCUT2D eigenvalue weighted by atomic mass is 10.0. The number of carbonyl (C=O) groups excluding carboxylic acids is 1. The Kier molecular flexibility index (Phi) is 7.51. The maximum absolute atomic E-state index is 12.1. The normalized spacial score (nSPS) is 11.0. The van der Waals surface area contributed by atoms with Crippen molar-refractivity contribution in [3.63, 3.8) is 0 Å². The summed E-state index contributed by atoms with van der Waals surface area (Å²) in [6.45, 7) is 6.99.